The Labute approximate surface area is 109 Å². The number of hydrogen-bond acceptors (Lipinski definition) is 4. The number of halogens is 1. The minimum atomic E-state index is -0.323. The predicted octanol–water partition coefficient (Wildman–Crippen LogP) is 1.68. The molecular weight excluding hydrogens is 254 g/mol. The molecule has 0 saturated heterocycles. The maximum Gasteiger partial charge on any atom is 0.313 e. The predicted molar refractivity (Wildman–Crippen MR) is 68.9 cm³/mol. The SMILES string of the molecule is Cn1ccnc(Oc2ccc(CN)cc2Cl)c1=O. The molecule has 0 fully saturated rings. The van der Waals surface area contributed by atoms with Crippen LogP contribution in [0.1, 0.15) is 5.56 Å². The van der Waals surface area contributed by atoms with Crippen LogP contribution < -0.4 is 16.0 Å². The van der Waals surface area contributed by atoms with Gasteiger partial charge in [-0.05, 0) is 17.7 Å². The zero-order chi connectivity index (χ0) is 13.1. The summed E-state index contributed by atoms with van der Waals surface area (Å²) < 4.78 is 6.78. The normalized spacial score (nSPS) is 10.4. The largest absolute Gasteiger partial charge is 0.433 e. The van der Waals surface area contributed by atoms with Gasteiger partial charge in [0.2, 0.25) is 0 Å². The van der Waals surface area contributed by atoms with Crippen molar-refractivity contribution in [2.24, 2.45) is 12.8 Å². The lowest BCUT2D eigenvalue weighted by Crippen LogP contribution is -2.18. The average molecular weight is 266 g/mol. The average Bonchev–Trinajstić information content (AvgIpc) is 2.37. The molecule has 0 aliphatic carbocycles. The van der Waals surface area contributed by atoms with Gasteiger partial charge in [-0.15, -0.1) is 0 Å². The maximum atomic E-state index is 11.7. The number of aryl methyl sites for hydroxylation is 1. The molecular formula is C12H12ClN3O2. The first-order valence-electron chi connectivity index (χ1n) is 5.30. The fourth-order valence-electron chi connectivity index (χ4n) is 1.40. The number of hydrogen-bond donors (Lipinski definition) is 1. The molecule has 2 rings (SSSR count). The first-order chi connectivity index (χ1) is 8.61. The van der Waals surface area contributed by atoms with E-state index in [9.17, 15) is 4.79 Å². The molecule has 5 nitrogen and oxygen atoms in total. The molecule has 1 aromatic heterocycles. The van der Waals surface area contributed by atoms with Gasteiger partial charge in [0.1, 0.15) is 5.75 Å². The fourth-order valence-corrected chi connectivity index (χ4v) is 1.64. The van der Waals surface area contributed by atoms with Gasteiger partial charge in [-0.25, -0.2) is 4.98 Å². The van der Waals surface area contributed by atoms with Gasteiger partial charge in [0, 0.05) is 26.0 Å². The summed E-state index contributed by atoms with van der Waals surface area (Å²) in [7, 11) is 1.62. The number of ether oxygens (including phenoxy) is 1. The van der Waals surface area contributed by atoms with Crippen molar-refractivity contribution in [1.82, 2.24) is 9.55 Å². The number of benzene rings is 1. The van der Waals surface area contributed by atoms with Crippen LogP contribution in [0.4, 0.5) is 0 Å². The first-order valence-corrected chi connectivity index (χ1v) is 5.67. The maximum absolute atomic E-state index is 11.7. The van der Waals surface area contributed by atoms with Crippen LogP contribution in [0.15, 0.2) is 35.4 Å². The summed E-state index contributed by atoms with van der Waals surface area (Å²) in [5.41, 5.74) is 6.07. The Morgan fingerprint density at radius 1 is 1.50 bits per heavy atom. The standard InChI is InChI=1S/C12H12ClN3O2/c1-16-5-4-15-11(12(16)17)18-10-3-2-8(7-14)6-9(10)13/h2-6H,7,14H2,1H3. The van der Waals surface area contributed by atoms with E-state index in [1.807, 2.05) is 0 Å². The molecule has 2 N–H and O–H groups in total. The highest BCUT2D eigenvalue weighted by Crippen LogP contribution is 2.27. The van der Waals surface area contributed by atoms with Gasteiger partial charge in [0.05, 0.1) is 5.02 Å². The highest BCUT2D eigenvalue weighted by atomic mass is 35.5. The molecule has 0 aliphatic heterocycles. The zero-order valence-electron chi connectivity index (χ0n) is 9.76. The van der Waals surface area contributed by atoms with Crippen molar-refractivity contribution in [2.45, 2.75) is 6.54 Å². The van der Waals surface area contributed by atoms with Crippen LogP contribution in [0.25, 0.3) is 0 Å². The lowest BCUT2D eigenvalue weighted by Gasteiger charge is -2.07. The molecule has 1 aromatic carbocycles. The van der Waals surface area contributed by atoms with Crippen molar-refractivity contribution >= 4 is 11.6 Å². The number of rotatable bonds is 3. The third-order valence-corrected chi connectivity index (χ3v) is 2.72. The van der Waals surface area contributed by atoms with E-state index in [0.717, 1.165) is 5.56 Å². The van der Waals surface area contributed by atoms with Gasteiger partial charge in [0.15, 0.2) is 0 Å². The van der Waals surface area contributed by atoms with E-state index in [4.69, 9.17) is 22.1 Å². The van der Waals surface area contributed by atoms with Gasteiger partial charge >= 0.3 is 5.56 Å². The molecule has 2 aromatic rings. The highest BCUT2D eigenvalue weighted by molar-refractivity contribution is 6.32. The van der Waals surface area contributed by atoms with E-state index >= 15 is 0 Å². The monoisotopic (exact) mass is 265 g/mol. The summed E-state index contributed by atoms with van der Waals surface area (Å²) in [6, 6.07) is 5.15. The fraction of sp³-hybridized carbons (Fsp3) is 0.167. The Morgan fingerprint density at radius 3 is 2.94 bits per heavy atom. The Hall–Kier alpha value is -1.85. The van der Waals surface area contributed by atoms with Crippen molar-refractivity contribution < 1.29 is 4.74 Å². The van der Waals surface area contributed by atoms with Crippen molar-refractivity contribution in [2.75, 3.05) is 0 Å². The van der Waals surface area contributed by atoms with E-state index in [1.165, 1.54) is 10.8 Å². The summed E-state index contributed by atoms with van der Waals surface area (Å²) in [5, 5.41) is 0.394. The van der Waals surface area contributed by atoms with Crippen molar-refractivity contribution in [3.63, 3.8) is 0 Å². The summed E-state index contributed by atoms with van der Waals surface area (Å²) in [6.45, 7) is 0.394. The summed E-state index contributed by atoms with van der Waals surface area (Å²) in [4.78, 5) is 15.6. The van der Waals surface area contributed by atoms with E-state index in [-0.39, 0.29) is 11.4 Å². The number of aromatic nitrogens is 2. The van der Waals surface area contributed by atoms with Gasteiger partial charge in [-0.2, -0.15) is 0 Å². The van der Waals surface area contributed by atoms with Crippen LogP contribution in [-0.2, 0) is 13.6 Å². The Morgan fingerprint density at radius 2 is 2.28 bits per heavy atom. The lowest BCUT2D eigenvalue weighted by atomic mass is 10.2. The molecule has 0 spiro atoms. The van der Waals surface area contributed by atoms with Crippen molar-refractivity contribution in [3.05, 3.63) is 51.5 Å². The minimum absolute atomic E-state index is 0.0117. The van der Waals surface area contributed by atoms with Crippen LogP contribution in [0.3, 0.4) is 0 Å². The lowest BCUT2D eigenvalue weighted by molar-refractivity contribution is 0.448. The van der Waals surface area contributed by atoms with Crippen molar-refractivity contribution in [3.8, 4) is 11.6 Å². The van der Waals surface area contributed by atoms with Crippen molar-refractivity contribution in [1.29, 1.82) is 0 Å². The second kappa shape index (κ2) is 5.20. The Kier molecular flexibility index (Phi) is 3.64. The second-order valence-electron chi connectivity index (χ2n) is 3.72. The zero-order valence-corrected chi connectivity index (χ0v) is 10.5. The van der Waals surface area contributed by atoms with E-state index in [0.29, 0.717) is 17.3 Å². The third kappa shape index (κ3) is 2.52. The molecule has 18 heavy (non-hydrogen) atoms. The molecule has 0 atom stereocenters. The quantitative estimate of drug-likeness (QED) is 0.917. The molecule has 0 saturated carbocycles. The van der Waals surface area contributed by atoms with Gasteiger partial charge < -0.3 is 15.0 Å². The van der Waals surface area contributed by atoms with Gasteiger partial charge in [-0.1, -0.05) is 17.7 Å². The Bertz CT molecular complexity index is 625. The van der Waals surface area contributed by atoms with Crippen LogP contribution in [-0.4, -0.2) is 9.55 Å². The molecule has 0 aliphatic rings. The van der Waals surface area contributed by atoms with Crippen LogP contribution >= 0.6 is 11.6 Å². The topological polar surface area (TPSA) is 70.1 Å². The van der Waals surface area contributed by atoms with Gasteiger partial charge in [-0.3, -0.25) is 4.79 Å². The summed E-state index contributed by atoms with van der Waals surface area (Å²) in [5.74, 6) is 0.368. The summed E-state index contributed by atoms with van der Waals surface area (Å²) >= 11 is 6.03. The third-order valence-electron chi connectivity index (χ3n) is 2.42. The molecule has 1 heterocycles. The first kappa shape index (κ1) is 12.6. The molecule has 0 unspecified atom stereocenters. The molecule has 0 amide bonds. The van der Waals surface area contributed by atoms with Crippen LogP contribution in [0.5, 0.6) is 11.6 Å². The molecule has 6 heteroatoms. The molecule has 0 radical (unpaired) electrons. The molecule has 0 bridgehead atoms. The van der Waals surface area contributed by atoms with E-state index in [2.05, 4.69) is 4.98 Å². The number of nitrogens with zero attached hydrogens (tertiary/aromatic N) is 2. The van der Waals surface area contributed by atoms with Gasteiger partial charge in [0.25, 0.3) is 5.88 Å². The van der Waals surface area contributed by atoms with Crippen LogP contribution in [0, 0.1) is 0 Å². The summed E-state index contributed by atoms with van der Waals surface area (Å²) in [6.07, 6.45) is 3.03. The molecule has 94 valence electrons. The van der Waals surface area contributed by atoms with Crippen LogP contribution in [0.2, 0.25) is 5.02 Å². The highest BCUT2D eigenvalue weighted by Gasteiger charge is 2.08. The van der Waals surface area contributed by atoms with E-state index < -0.39 is 0 Å². The minimum Gasteiger partial charge on any atom is -0.433 e. The second-order valence-corrected chi connectivity index (χ2v) is 4.13. The Balaban J connectivity index is 2.34. The number of nitrogens with two attached hydrogens (primary N) is 1. The van der Waals surface area contributed by atoms with E-state index in [1.54, 1.807) is 31.4 Å². The smallest absolute Gasteiger partial charge is 0.313 e.